The monoisotopic (exact) mass is 739 g/mol. The number of aromatic nitrogens is 2. The van der Waals surface area contributed by atoms with Gasteiger partial charge in [0, 0.05) is 47.2 Å². The van der Waals surface area contributed by atoms with Crippen LogP contribution in [-0.2, 0) is 31.8 Å². The molecule has 0 radical (unpaired) electrons. The molecule has 53 heavy (non-hydrogen) atoms. The fourth-order valence-corrected chi connectivity index (χ4v) is 4.46. The van der Waals surface area contributed by atoms with E-state index in [1.807, 2.05) is 54.9 Å². The van der Waals surface area contributed by atoms with Gasteiger partial charge in [0.1, 0.15) is 16.8 Å². The third-order valence-electron chi connectivity index (χ3n) is 6.42. The molecule has 7 N–H and O–H groups in total. The molecular weight excluding hydrogens is 682 g/mol. The highest BCUT2D eigenvalue weighted by Crippen LogP contribution is 2.20. The maximum atomic E-state index is 11.8. The van der Waals surface area contributed by atoms with E-state index >= 15 is 0 Å². The number of aromatic amines is 2. The lowest BCUT2D eigenvalue weighted by atomic mass is 10.1. The molecule has 0 aliphatic carbocycles. The molecule has 0 aliphatic heterocycles. The van der Waals surface area contributed by atoms with Gasteiger partial charge in [-0.15, -0.1) is 0 Å². The number of ether oxygens (including phenoxy) is 4. The van der Waals surface area contributed by atoms with Gasteiger partial charge >= 0.3 is 18.4 Å². The average Bonchev–Trinajstić information content (AvgIpc) is 3.63. The van der Waals surface area contributed by atoms with Crippen molar-refractivity contribution in [1.82, 2.24) is 15.3 Å². The summed E-state index contributed by atoms with van der Waals surface area (Å²) in [4.78, 5) is 40.2. The molecule has 4 aromatic rings. The number of aliphatic hydroxyl groups excluding tert-OH is 2. The Morgan fingerprint density at radius 1 is 0.736 bits per heavy atom. The molecule has 292 valence electrons. The summed E-state index contributed by atoms with van der Waals surface area (Å²) in [5, 5.41) is 30.6. The summed E-state index contributed by atoms with van der Waals surface area (Å²) in [6.45, 7) is 16.8. The normalized spacial score (nSPS) is 12.2. The van der Waals surface area contributed by atoms with Gasteiger partial charge in [-0.05, 0) is 98.4 Å². The number of carbonyl (C=O) groups is 3. The van der Waals surface area contributed by atoms with Crippen molar-refractivity contribution < 1.29 is 43.5 Å². The lowest BCUT2D eigenvalue weighted by Gasteiger charge is -2.22. The van der Waals surface area contributed by atoms with Gasteiger partial charge in [-0.1, -0.05) is 36.4 Å². The van der Waals surface area contributed by atoms with Crippen LogP contribution in [0.4, 0.5) is 14.4 Å². The molecule has 4 rings (SSSR count). The molecule has 1 amide bonds. The first-order valence-electron chi connectivity index (χ1n) is 17.1. The van der Waals surface area contributed by atoms with Crippen molar-refractivity contribution in [2.24, 2.45) is 5.73 Å². The molecule has 2 atom stereocenters. The third kappa shape index (κ3) is 19.4. The summed E-state index contributed by atoms with van der Waals surface area (Å²) in [5.41, 5.74) is 8.14. The van der Waals surface area contributed by atoms with Gasteiger partial charge < -0.3 is 50.2 Å². The Morgan fingerprint density at radius 3 is 1.51 bits per heavy atom. The topological polar surface area (TPSA) is 222 Å². The van der Waals surface area contributed by atoms with E-state index in [0.717, 1.165) is 22.0 Å². The predicted molar refractivity (Wildman–Crippen MR) is 204 cm³/mol. The van der Waals surface area contributed by atoms with E-state index < -0.39 is 35.2 Å². The van der Waals surface area contributed by atoms with E-state index in [4.69, 9.17) is 30.3 Å². The highest BCUT2D eigenvalue weighted by atomic mass is 16.8. The van der Waals surface area contributed by atoms with E-state index in [9.17, 15) is 19.5 Å². The first-order valence-corrected chi connectivity index (χ1v) is 17.1. The van der Waals surface area contributed by atoms with Crippen LogP contribution < -0.4 is 11.1 Å². The minimum absolute atomic E-state index is 0.0273. The lowest BCUT2D eigenvalue weighted by molar-refractivity contribution is -0.0294. The molecule has 2 heterocycles. The van der Waals surface area contributed by atoms with Crippen LogP contribution in [-0.4, -0.2) is 80.7 Å². The SMILES string of the molecule is CC#N.CC(C)(C)OC(=O)N[C@H](CO)Cc1c[nH]c2ccccc12.CC(C)(C)OC(=O)OC(=O)OC(C)(C)C.N[C@H](CO)Cc1c[nH]c2ccccc12. The van der Waals surface area contributed by atoms with Crippen molar-refractivity contribution >= 4 is 40.2 Å². The number of nitriles is 1. The summed E-state index contributed by atoms with van der Waals surface area (Å²) in [6, 6.07) is 17.2. The summed E-state index contributed by atoms with van der Waals surface area (Å²) in [5.74, 6) is 0. The Bertz CT molecular complexity index is 1730. The number of H-pyrrole nitrogens is 2. The van der Waals surface area contributed by atoms with E-state index in [1.165, 1.54) is 17.9 Å². The molecule has 0 aliphatic rings. The molecule has 0 bridgehead atoms. The minimum atomic E-state index is -1.06. The highest BCUT2D eigenvalue weighted by molar-refractivity contribution is 5.84. The van der Waals surface area contributed by atoms with Crippen molar-refractivity contribution in [3.8, 4) is 6.07 Å². The van der Waals surface area contributed by atoms with Crippen molar-refractivity contribution in [2.45, 2.75) is 111 Å². The number of amides is 1. The highest BCUT2D eigenvalue weighted by Gasteiger charge is 2.24. The third-order valence-corrected chi connectivity index (χ3v) is 6.42. The van der Waals surface area contributed by atoms with Crippen LogP contribution in [0.5, 0.6) is 0 Å². The number of nitrogens with one attached hydrogen (secondary N) is 3. The standard InChI is InChI=1S/C16H22N2O3.C11H14N2O.C10H18O5.C2H3N/c1-16(2,3)21-15(20)18-12(10-19)8-11-9-17-14-7-5-4-6-13(11)14;12-9(7-14)5-8-6-13-11-4-2-1-3-10(8)11;1-9(2,3)14-7(11)13-8(12)15-10(4,5)6;1-2-3/h4-7,9,12,17,19H,8,10H2,1-3H3,(H,18,20);1-4,6,9,13-14H,5,7,12H2;1-6H3;1H3/t12-;9-;;/m00../s1. The van der Waals surface area contributed by atoms with Crippen molar-refractivity contribution in [1.29, 1.82) is 5.26 Å². The first-order chi connectivity index (χ1) is 24.6. The molecule has 0 fully saturated rings. The smallest absolute Gasteiger partial charge is 0.444 e. The second kappa shape index (κ2) is 21.4. The molecule has 14 heteroatoms. The Labute approximate surface area is 311 Å². The van der Waals surface area contributed by atoms with Crippen molar-refractivity contribution in [2.75, 3.05) is 13.2 Å². The molecule has 2 aromatic heterocycles. The fourth-order valence-electron chi connectivity index (χ4n) is 4.46. The number of hydrogen-bond donors (Lipinski definition) is 6. The zero-order valence-electron chi connectivity index (χ0n) is 32.5. The number of fused-ring (bicyclic) bond motifs is 2. The van der Waals surface area contributed by atoms with Gasteiger partial charge in [0.25, 0.3) is 0 Å². The van der Waals surface area contributed by atoms with Gasteiger partial charge in [-0.2, -0.15) is 5.26 Å². The van der Waals surface area contributed by atoms with Crippen LogP contribution >= 0.6 is 0 Å². The zero-order chi connectivity index (χ0) is 40.4. The van der Waals surface area contributed by atoms with Crippen LogP contribution in [0, 0.1) is 11.3 Å². The Hall–Kier alpha value is -5.10. The second-order valence-electron chi connectivity index (χ2n) is 14.9. The average molecular weight is 740 g/mol. The van der Waals surface area contributed by atoms with Crippen molar-refractivity contribution in [3.05, 3.63) is 72.1 Å². The number of benzene rings is 2. The maximum Gasteiger partial charge on any atom is 0.519 e. The first kappa shape index (κ1) is 45.9. The van der Waals surface area contributed by atoms with Gasteiger partial charge in [0.2, 0.25) is 0 Å². The molecular formula is C39H57N5O9. The molecule has 2 aromatic carbocycles. The predicted octanol–water partition coefficient (Wildman–Crippen LogP) is 7.03. The van der Waals surface area contributed by atoms with E-state index in [-0.39, 0.29) is 25.3 Å². The molecule has 14 nitrogen and oxygen atoms in total. The largest absolute Gasteiger partial charge is 0.519 e. The molecule has 0 unspecified atom stereocenters. The van der Waals surface area contributed by atoms with Crippen molar-refractivity contribution in [3.63, 3.8) is 0 Å². The summed E-state index contributed by atoms with van der Waals surface area (Å²) >= 11 is 0. The van der Waals surface area contributed by atoms with E-state index in [0.29, 0.717) is 12.8 Å². The van der Waals surface area contributed by atoms with Crippen LogP contribution in [0.25, 0.3) is 21.8 Å². The molecule has 0 saturated carbocycles. The number of hydrogen-bond acceptors (Lipinski definition) is 11. The number of nitrogens with two attached hydrogens (primary N) is 1. The second-order valence-corrected chi connectivity index (χ2v) is 14.9. The maximum absolute atomic E-state index is 11.8. The number of rotatable bonds is 7. The van der Waals surface area contributed by atoms with Gasteiger partial charge in [-0.3, -0.25) is 0 Å². The summed E-state index contributed by atoms with van der Waals surface area (Å²) < 4.78 is 19.0. The zero-order valence-corrected chi connectivity index (χ0v) is 32.5. The van der Waals surface area contributed by atoms with Gasteiger partial charge in [0.15, 0.2) is 0 Å². The number of para-hydroxylation sites is 2. The molecule has 0 saturated heterocycles. The van der Waals surface area contributed by atoms with E-state index in [1.54, 1.807) is 68.4 Å². The van der Waals surface area contributed by atoms with Crippen LogP contribution in [0.15, 0.2) is 60.9 Å². The Kier molecular flexibility index (Phi) is 18.6. The number of alkyl carbamates (subject to hydrolysis) is 1. The van der Waals surface area contributed by atoms with Crippen LogP contribution in [0.3, 0.4) is 0 Å². The number of aliphatic hydroxyl groups is 2. The Balaban J connectivity index is 0.000000392. The Morgan fingerprint density at radius 2 is 1.13 bits per heavy atom. The summed E-state index contributed by atoms with van der Waals surface area (Å²) in [6.07, 6.45) is 2.49. The number of carbonyl (C=O) groups excluding carboxylic acids is 3. The van der Waals surface area contributed by atoms with Gasteiger partial charge in [-0.25, -0.2) is 14.4 Å². The van der Waals surface area contributed by atoms with Crippen LogP contribution in [0.2, 0.25) is 0 Å². The number of nitrogens with zero attached hydrogens (tertiary/aromatic N) is 1. The fraction of sp³-hybridized carbons (Fsp3) is 0.487. The van der Waals surface area contributed by atoms with E-state index in [2.05, 4.69) is 26.1 Å². The quantitative estimate of drug-likeness (QED) is 0.0641. The lowest BCUT2D eigenvalue weighted by Crippen LogP contribution is -2.42. The van der Waals surface area contributed by atoms with Gasteiger partial charge in [0.05, 0.1) is 25.3 Å². The minimum Gasteiger partial charge on any atom is -0.444 e. The van der Waals surface area contributed by atoms with Crippen LogP contribution in [0.1, 0.15) is 80.4 Å². The summed E-state index contributed by atoms with van der Waals surface area (Å²) in [7, 11) is 0. The molecule has 0 spiro atoms.